The molecule has 1 aliphatic heterocycles. The number of nitrogens with one attached hydrogen (secondary N) is 1. The first kappa shape index (κ1) is 26.1. The van der Waals surface area contributed by atoms with Crippen LogP contribution < -0.4 is 10.1 Å². The summed E-state index contributed by atoms with van der Waals surface area (Å²) in [6.07, 6.45) is 0.423. The third-order valence-electron chi connectivity index (χ3n) is 5.61. The maximum atomic E-state index is 13.7. The van der Waals surface area contributed by atoms with Crippen LogP contribution in [0.15, 0.2) is 41.3 Å². The fourth-order valence-electron chi connectivity index (χ4n) is 3.77. The standard InChI is InChI=1S/C23H25FN2O8S/c1-32-19-5-4-17(24)13-20(19)35(30,31)26-8-6-14(7-9-26)21(27)25-18-11-15(22(28)33-2)10-16(12-18)23(29)34-3/h4-5,10-14H,6-9H2,1-3H3,(H,25,27). The first-order valence-corrected chi connectivity index (χ1v) is 12.0. The van der Waals surface area contributed by atoms with Gasteiger partial charge in [0.05, 0.1) is 32.5 Å². The van der Waals surface area contributed by atoms with Crippen LogP contribution in [0.1, 0.15) is 33.6 Å². The summed E-state index contributed by atoms with van der Waals surface area (Å²) in [5, 5.41) is 2.67. The van der Waals surface area contributed by atoms with Crippen molar-refractivity contribution >= 4 is 33.6 Å². The van der Waals surface area contributed by atoms with Gasteiger partial charge in [-0.3, -0.25) is 4.79 Å². The van der Waals surface area contributed by atoms with Crippen molar-refractivity contribution in [3.63, 3.8) is 0 Å². The van der Waals surface area contributed by atoms with Crippen molar-refractivity contribution in [2.45, 2.75) is 17.7 Å². The average molecular weight is 509 g/mol. The summed E-state index contributed by atoms with van der Waals surface area (Å²) in [7, 11) is -0.368. The molecule has 0 atom stereocenters. The molecule has 2 aromatic carbocycles. The van der Waals surface area contributed by atoms with Crippen LogP contribution in [0.4, 0.5) is 10.1 Å². The number of amides is 1. The number of methoxy groups -OCH3 is 3. The Labute approximate surface area is 202 Å². The summed E-state index contributed by atoms with van der Waals surface area (Å²) >= 11 is 0. The number of nitrogens with zero attached hydrogens (tertiary/aromatic N) is 1. The lowest BCUT2D eigenvalue weighted by molar-refractivity contribution is -0.120. The van der Waals surface area contributed by atoms with Gasteiger partial charge in [-0.1, -0.05) is 0 Å². The molecule has 3 rings (SSSR count). The van der Waals surface area contributed by atoms with Gasteiger partial charge < -0.3 is 19.5 Å². The Balaban J connectivity index is 1.73. The predicted octanol–water partition coefficient (Wildman–Crippen LogP) is 2.45. The van der Waals surface area contributed by atoms with E-state index in [1.54, 1.807) is 0 Å². The molecule has 1 heterocycles. The van der Waals surface area contributed by atoms with Gasteiger partial charge in [-0.25, -0.2) is 22.4 Å². The maximum Gasteiger partial charge on any atom is 0.337 e. The van der Waals surface area contributed by atoms with E-state index >= 15 is 0 Å². The second kappa shape index (κ2) is 10.8. The third kappa shape index (κ3) is 5.77. The van der Waals surface area contributed by atoms with Gasteiger partial charge in [0.1, 0.15) is 16.5 Å². The van der Waals surface area contributed by atoms with Crippen molar-refractivity contribution in [2.75, 3.05) is 39.7 Å². The quantitative estimate of drug-likeness (QED) is 0.565. The van der Waals surface area contributed by atoms with Crippen molar-refractivity contribution in [2.24, 2.45) is 5.92 Å². The Kier molecular flexibility index (Phi) is 8.07. The van der Waals surface area contributed by atoms with Crippen molar-refractivity contribution in [3.8, 4) is 5.75 Å². The average Bonchev–Trinajstić information content (AvgIpc) is 2.87. The van der Waals surface area contributed by atoms with Gasteiger partial charge in [-0.05, 0) is 49.2 Å². The Morgan fingerprint density at radius 1 is 0.943 bits per heavy atom. The minimum atomic E-state index is -4.04. The largest absolute Gasteiger partial charge is 0.495 e. The summed E-state index contributed by atoms with van der Waals surface area (Å²) in [6.45, 7) is 0.0748. The number of anilines is 1. The third-order valence-corrected chi connectivity index (χ3v) is 7.53. The fraction of sp³-hybridized carbons (Fsp3) is 0.348. The highest BCUT2D eigenvalue weighted by Gasteiger charge is 2.34. The van der Waals surface area contributed by atoms with Crippen molar-refractivity contribution in [3.05, 3.63) is 53.3 Å². The monoisotopic (exact) mass is 508 g/mol. The lowest BCUT2D eigenvalue weighted by Crippen LogP contribution is -2.41. The molecule has 0 unspecified atom stereocenters. The summed E-state index contributed by atoms with van der Waals surface area (Å²) in [4.78, 5) is 36.5. The number of hydrogen-bond donors (Lipinski definition) is 1. The van der Waals surface area contributed by atoms with Crippen LogP contribution in [0, 0.1) is 11.7 Å². The number of rotatable bonds is 7. The smallest absolute Gasteiger partial charge is 0.337 e. The molecule has 2 aromatic rings. The molecule has 0 radical (unpaired) electrons. The number of carbonyl (C=O) groups excluding carboxylic acids is 3. The van der Waals surface area contributed by atoms with Crippen LogP contribution in [-0.2, 0) is 24.3 Å². The number of piperidine rings is 1. The van der Waals surface area contributed by atoms with Crippen LogP contribution in [-0.4, -0.2) is 65.0 Å². The first-order valence-electron chi connectivity index (χ1n) is 10.6. The molecule has 1 amide bonds. The van der Waals surface area contributed by atoms with Crippen LogP contribution in [0.2, 0.25) is 0 Å². The van der Waals surface area contributed by atoms with Crippen molar-refractivity contribution in [1.29, 1.82) is 0 Å². The van der Waals surface area contributed by atoms with Gasteiger partial charge in [0.25, 0.3) is 0 Å². The van der Waals surface area contributed by atoms with E-state index < -0.39 is 39.6 Å². The van der Waals surface area contributed by atoms with E-state index in [0.717, 1.165) is 12.1 Å². The topological polar surface area (TPSA) is 128 Å². The zero-order valence-electron chi connectivity index (χ0n) is 19.4. The molecule has 0 saturated carbocycles. The molecule has 10 nitrogen and oxygen atoms in total. The van der Waals surface area contributed by atoms with E-state index in [1.807, 2.05) is 0 Å². The molecule has 0 bridgehead atoms. The fourth-order valence-corrected chi connectivity index (χ4v) is 5.40. The van der Waals surface area contributed by atoms with E-state index in [0.29, 0.717) is 0 Å². The summed E-state index contributed by atoms with van der Waals surface area (Å²) in [6, 6.07) is 7.28. The Morgan fingerprint density at radius 2 is 1.51 bits per heavy atom. The lowest BCUT2D eigenvalue weighted by atomic mass is 9.97. The van der Waals surface area contributed by atoms with Crippen LogP contribution in [0.25, 0.3) is 0 Å². The normalized spacial score (nSPS) is 14.7. The molecule has 35 heavy (non-hydrogen) atoms. The van der Waals surface area contributed by atoms with Crippen LogP contribution >= 0.6 is 0 Å². The van der Waals surface area contributed by atoms with Gasteiger partial charge >= 0.3 is 11.9 Å². The molecule has 12 heteroatoms. The van der Waals surface area contributed by atoms with Gasteiger partial charge in [0.15, 0.2) is 0 Å². The number of benzene rings is 2. The molecular formula is C23H25FN2O8S. The zero-order valence-corrected chi connectivity index (χ0v) is 20.2. The summed E-state index contributed by atoms with van der Waals surface area (Å²) < 4.78 is 55.4. The first-order chi connectivity index (χ1) is 16.6. The van der Waals surface area contributed by atoms with E-state index in [2.05, 4.69) is 14.8 Å². The highest BCUT2D eigenvalue weighted by molar-refractivity contribution is 7.89. The van der Waals surface area contributed by atoms with Crippen molar-refractivity contribution in [1.82, 2.24) is 4.31 Å². The van der Waals surface area contributed by atoms with E-state index in [9.17, 15) is 27.2 Å². The number of halogens is 1. The molecular weight excluding hydrogens is 483 g/mol. The summed E-state index contributed by atoms with van der Waals surface area (Å²) in [5.74, 6) is -3.00. The SMILES string of the molecule is COC(=O)c1cc(NC(=O)C2CCN(S(=O)(=O)c3cc(F)ccc3OC)CC2)cc(C(=O)OC)c1. The number of carbonyl (C=O) groups is 3. The highest BCUT2D eigenvalue weighted by atomic mass is 32.2. The molecule has 0 aliphatic carbocycles. The van der Waals surface area contributed by atoms with Gasteiger partial charge in [-0.15, -0.1) is 0 Å². The Hall–Kier alpha value is -3.51. The van der Waals surface area contributed by atoms with Gasteiger partial charge in [0, 0.05) is 24.7 Å². The van der Waals surface area contributed by atoms with E-state index in [1.165, 1.54) is 49.9 Å². The second-order valence-corrected chi connectivity index (χ2v) is 9.65. The zero-order chi connectivity index (χ0) is 25.8. The number of esters is 2. The van der Waals surface area contributed by atoms with Gasteiger partial charge in [0.2, 0.25) is 15.9 Å². The van der Waals surface area contributed by atoms with Crippen LogP contribution in [0.5, 0.6) is 5.75 Å². The highest BCUT2D eigenvalue weighted by Crippen LogP contribution is 2.31. The van der Waals surface area contributed by atoms with Crippen molar-refractivity contribution < 1.29 is 41.4 Å². The molecule has 0 aromatic heterocycles. The summed E-state index contributed by atoms with van der Waals surface area (Å²) in [5.41, 5.74) is 0.296. The minimum absolute atomic E-state index is 0.0261. The van der Waals surface area contributed by atoms with Gasteiger partial charge in [-0.2, -0.15) is 4.31 Å². The van der Waals surface area contributed by atoms with E-state index in [-0.39, 0.29) is 53.4 Å². The van der Waals surface area contributed by atoms with Crippen LogP contribution in [0.3, 0.4) is 0 Å². The molecule has 1 aliphatic rings. The Morgan fingerprint density at radius 3 is 2.03 bits per heavy atom. The maximum absolute atomic E-state index is 13.7. The second-order valence-electron chi connectivity index (χ2n) is 7.74. The van der Waals surface area contributed by atoms with E-state index in [4.69, 9.17) is 4.74 Å². The Bertz CT molecular complexity index is 1210. The number of hydrogen-bond acceptors (Lipinski definition) is 8. The predicted molar refractivity (Wildman–Crippen MR) is 122 cm³/mol. The molecule has 1 N–H and O–H groups in total. The molecule has 0 spiro atoms. The number of ether oxygens (including phenoxy) is 3. The minimum Gasteiger partial charge on any atom is -0.495 e. The molecule has 1 saturated heterocycles. The molecule has 1 fully saturated rings. The lowest BCUT2D eigenvalue weighted by Gasteiger charge is -2.31. The molecule has 188 valence electrons. The number of sulfonamides is 1.